The highest BCUT2D eigenvalue weighted by molar-refractivity contribution is 14.0. The molecular formula is C16H21IN4O. The van der Waals surface area contributed by atoms with Crippen molar-refractivity contribution in [1.29, 1.82) is 0 Å². The van der Waals surface area contributed by atoms with E-state index in [0.29, 0.717) is 24.4 Å². The highest BCUT2D eigenvalue weighted by Gasteiger charge is 2.27. The molecular weight excluding hydrogens is 391 g/mol. The van der Waals surface area contributed by atoms with E-state index in [1.165, 1.54) is 18.4 Å². The molecule has 1 aliphatic carbocycles. The Morgan fingerprint density at radius 1 is 1.36 bits per heavy atom. The number of hydrogen-bond donors (Lipinski definition) is 1. The number of halogens is 1. The summed E-state index contributed by atoms with van der Waals surface area (Å²) in [7, 11) is 1.98. The van der Waals surface area contributed by atoms with Gasteiger partial charge in [0, 0.05) is 18.7 Å². The Kier molecular flexibility index (Phi) is 5.44. The van der Waals surface area contributed by atoms with Crippen molar-refractivity contribution in [2.75, 3.05) is 7.05 Å². The molecule has 1 saturated carbocycles. The number of hydrogen-bond acceptors (Lipinski definition) is 3. The zero-order valence-corrected chi connectivity index (χ0v) is 15.2. The average molecular weight is 412 g/mol. The van der Waals surface area contributed by atoms with E-state index in [4.69, 9.17) is 10.2 Å². The van der Waals surface area contributed by atoms with Crippen LogP contribution in [0.25, 0.3) is 11.5 Å². The van der Waals surface area contributed by atoms with Crippen LogP contribution >= 0.6 is 24.0 Å². The van der Waals surface area contributed by atoms with Crippen LogP contribution in [0, 0.1) is 6.92 Å². The van der Waals surface area contributed by atoms with Crippen molar-refractivity contribution in [2.45, 2.75) is 32.4 Å². The lowest BCUT2D eigenvalue weighted by Crippen LogP contribution is -2.35. The van der Waals surface area contributed by atoms with Crippen LogP contribution in [0.2, 0.25) is 0 Å². The largest absolute Gasteiger partial charge is 0.444 e. The monoisotopic (exact) mass is 412 g/mol. The number of guanidine groups is 1. The first-order valence-corrected chi connectivity index (χ1v) is 7.17. The first-order chi connectivity index (χ1) is 10.1. The van der Waals surface area contributed by atoms with Crippen molar-refractivity contribution in [3.05, 3.63) is 41.8 Å². The molecule has 2 aromatic rings. The van der Waals surface area contributed by atoms with Gasteiger partial charge in [-0.3, -0.25) is 0 Å². The van der Waals surface area contributed by atoms with Crippen molar-refractivity contribution in [2.24, 2.45) is 10.7 Å². The third-order valence-electron chi connectivity index (χ3n) is 3.71. The number of rotatable bonds is 4. The van der Waals surface area contributed by atoms with Gasteiger partial charge in [0.25, 0.3) is 0 Å². The van der Waals surface area contributed by atoms with Crippen molar-refractivity contribution in [3.8, 4) is 11.5 Å². The Hall–Kier alpha value is -1.57. The fourth-order valence-electron chi connectivity index (χ4n) is 2.13. The van der Waals surface area contributed by atoms with Crippen molar-refractivity contribution in [1.82, 2.24) is 9.88 Å². The van der Waals surface area contributed by atoms with E-state index in [2.05, 4.69) is 16.9 Å². The van der Waals surface area contributed by atoms with Crippen molar-refractivity contribution in [3.63, 3.8) is 0 Å². The molecule has 1 heterocycles. The fraction of sp³-hybridized carbons (Fsp3) is 0.375. The molecule has 1 aromatic carbocycles. The minimum atomic E-state index is 0. The summed E-state index contributed by atoms with van der Waals surface area (Å²) in [6, 6.07) is 8.65. The van der Waals surface area contributed by atoms with Gasteiger partial charge in [0.2, 0.25) is 5.89 Å². The predicted molar refractivity (Wildman–Crippen MR) is 98.2 cm³/mol. The van der Waals surface area contributed by atoms with Crippen LogP contribution < -0.4 is 5.73 Å². The first kappa shape index (κ1) is 16.8. The van der Waals surface area contributed by atoms with Crippen LogP contribution in [0.15, 0.2) is 39.9 Å². The second-order valence-corrected chi connectivity index (χ2v) is 5.53. The molecule has 5 nitrogen and oxygen atoms in total. The molecule has 0 spiro atoms. The van der Waals surface area contributed by atoms with E-state index >= 15 is 0 Å². The molecule has 2 N–H and O–H groups in total. The van der Waals surface area contributed by atoms with E-state index in [0.717, 1.165) is 11.3 Å². The lowest BCUT2D eigenvalue weighted by Gasteiger charge is -2.16. The number of aliphatic imine (C=N–C) groups is 1. The zero-order valence-electron chi connectivity index (χ0n) is 12.8. The van der Waals surface area contributed by atoms with E-state index < -0.39 is 0 Å². The quantitative estimate of drug-likeness (QED) is 0.476. The molecule has 0 aliphatic heterocycles. The fourth-order valence-corrected chi connectivity index (χ4v) is 2.13. The molecule has 0 bridgehead atoms. The van der Waals surface area contributed by atoms with Crippen LogP contribution in [0.3, 0.4) is 0 Å². The third kappa shape index (κ3) is 4.00. The number of oxazole rings is 1. The average Bonchev–Trinajstić information content (AvgIpc) is 3.23. The summed E-state index contributed by atoms with van der Waals surface area (Å²) in [6.07, 6.45) is 4.05. The van der Waals surface area contributed by atoms with Crippen LogP contribution in [0.5, 0.6) is 0 Å². The van der Waals surface area contributed by atoms with Gasteiger partial charge in [-0.25, -0.2) is 9.98 Å². The van der Waals surface area contributed by atoms with Gasteiger partial charge >= 0.3 is 0 Å². The summed E-state index contributed by atoms with van der Waals surface area (Å²) in [6.45, 7) is 2.50. The van der Waals surface area contributed by atoms with E-state index in [1.807, 2.05) is 36.2 Å². The SMILES string of the molecule is Cc1ccc(-c2nc(CN=C(N)N(C)C3CC3)co2)cc1.I. The molecule has 6 heteroatoms. The number of nitrogens with zero attached hydrogens (tertiary/aromatic N) is 3. The number of nitrogens with two attached hydrogens (primary N) is 1. The first-order valence-electron chi connectivity index (χ1n) is 7.17. The molecule has 3 rings (SSSR count). The molecule has 0 atom stereocenters. The highest BCUT2D eigenvalue weighted by Crippen LogP contribution is 2.25. The second-order valence-electron chi connectivity index (χ2n) is 5.53. The molecule has 118 valence electrons. The van der Waals surface area contributed by atoms with Crippen LogP contribution in [0.4, 0.5) is 0 Å². The zero-order chi connectivity index (χ0) is 14.8. The van der Waals surface area contributed by atoms with E-state index in [-0.39, 0.29) is 24.0 Å². The van der Waals surface area contributed by atoms with Gasteiger partial charge in [-0.15, -0.1) is 24.0 Å². The van der Waals surface area contributed by atoms with Gasteiger partial charge in [0.15, 0.2) is 5.96 Å². The van der Waals surface area contributed by atoms with Gasteiger partial charge in [-0.1, -0.05) is 17.7 Å². The van der Waals surface area contributed by atoms with E-state index in [1.54, 1.807) is 6.26 Å². The number of benzene rings is 1. The Morgan fingerprint density at radius 2 is 2.05 bits per heavy atom. The van der Waals surface area contributed by atoms with Gasteiger partial charge in [0.1, 0.15) is 12.0 Å². The van der Waals surface area contributed by atoms with Gasteiger partial charge in [-0.2, -0.15) is 0 Å². The Bertz CT molecular complexity index is 646. The number of aromatic nitrogens is 1. The molecule has 0 unspecified atom stereocenters. The lowest BCUT2D eigenvalue weighted by atomic mass is 10.1. The summed E-state index contributed by atoms with van der Waals surface area (Å²) in [4.78, 5) is 10.9. The Morgan fingerprint density at radius 3 is 2.68 bits per heavy atom. The molecule has 0 amide bonds. The van der Waals surface area contributed by atoms with Crippen molar-refractivity contribution < 1.29 is 4.42 Å². The minimum Gasteiger partial charge on any atom is -0.444 e. The van der Waals surface area contributed by atoms with Gasteiger partial charge < -0.3 is 15.1 Å². The van der Waals surface area contributed by atoms with Crippen molar-refractivity contribution >= 4 is 29.9 Å². The smallest absolute Gasteiger partial charge is 0.226 e. The Balaban J connectivity index is 0.00000176. The molecule has 22 heavy (non-hydrogen) atoms. The van der Waals surface area contributed by atoms with Crippen LogP contribution in [0.1, 0.15) is 24.1 Å². The van der Waals surface area contributed by atoms with Gasteiger partial charge in [-0.05, 0) is 31.9 Å². The van der Waals surface area contributed by atoms with Crippen LogP contribution in [-0.4, -0.2) is 28.9 Å². The normalized spacial score (nSPS) is 14.5. The molecule has 1 aromatic heterocycles. The highest BCUT2D eigenvalue weighted by atomic mass is 127. The maximum Gasteiger partial charge on any atom is 0.226 e. The van der Waals surface area contributed by atoms with Gasteiger partial charge in [0.05, 0.1) is 6.54 Å². The van der Waals surface area contributed by atoms with E-state index in [9.17, 15) is 0 Å². The summed E-state index contributed by atoms with van der Waals surface area (Å²) in [5, 5.41) is 0. The summed E-state index contributed by atoms with van der Waals surface area (Å²) >= 11 is 0. The topological polar surface area (TPSA) is 67.7 Å². The second kappa shape index (κ2) is 7.13. The maximum atomic E-state index is 5.96. The minimum absolute atomic E-state index is 0. The molecule has 0 saturated heterocycles. The number of aryl methyl sites for hydroxylation is 1. The van der Waals surface area contributed by atoms with Crippen LogP contribution in [-0.2, 0) is 6.54 Å². The lowest BCUT2D eigenvalue weighted by molar-refractivity contribution is 0.487. The summed E-state index contributed by atoms with van der Waals surface area (Å²) in [5.74, 6) is 1.19. The molecule has 1 aliphatic rings. The summed E-state index contributed by atoms with van der Waals surface area (Å²) < 4.78 is 5.51. The predicted octanol–water partition coefficient (Wildman–Crippen LogP) is 3.18. The third-order valence-corrected chi connectivity index (χ3v) is 3.71. The standard InChI is InChI=1S/C16H20N4O.HI/c1-11-3-5-12(6-4-11)15-19-13(10-21-15)9-18-16(17)20(2)14-7-8-14;/h3-6,10,14H,7-9H2,1-2H3,(H2,17,18);1H. The maximum absolute atomic E-state index is 5.96. The summed E-state index contributed by atoms with van der Waals surface area (Å²) in [5.41, 5.74) is 8.93. The Labute approximate surface area is 147 Å². The molecule has 0 radical (unpaired) electrons. The molecule has 1 fully saturated rings.